The summed E-state index contributed by atoms with van der Waals surface area (Å²) in [6.45, 7) is 3.69. The SMILES string of the molecule is COc1cc(-n2c(C(C)(C)CC#N)c(C3CC(O)(C(=O)O)C3)c3c(F)c4[nH]ncc4cc32)ccc1F. The first-order chi connectivity index (χ1) is 17.0. The summed E-state index contributed by atoms with van der Waals surface area (Å²) in [7, 11) is 1.34. The van der Waals surface area contributed by atoms with Crippen LogP contribution in [0.1, 0.15) is 50.3 Å². The molecular weight excluding hydrogens is 470 g/mol. The Balaban J connectivity index is 1.92. The minimum absolute atomic E-state index is 0.00584. The number of aromatic amines is 1. The number of aliphatic hydroxyl groups is 1. The third-order valence-corrected chi connectivity index (χ3v) is 7.17. The molecule has 0 spiro atoms. The van der Waals surface area contributed by atoms with Gasteiger partial charge in [0, 0.05) is 40.1 Å². The van der Waals surface area contributed by atoms with Crippen LogP contribution in [0.2, 0.25) is 0 Å². The number of nitriles is 1. The topological polar surface area (TPSA) is 124 Å². The Hall–Kier alpha value is -3.97. The lowest BCUT2D eigenvalue weighted by molar-refractivity contribution is -0.169. The van der Waals surface area contributed by atoms with Crippen molar-refractivity contribution >= 4 is 27.8 Å². The van der Waals surface area contributed by atoms with E-state index in [4.69, 9.17) is 4.74 Å². The Morgan fingerprint density at radius 3 is 2.72 bits per heavy atom. The number of rotatable bonds is 6. The quantitative estimate of drug-likeness (QED) is 0.358. The molecule has 0 bridgehead atoms. The van der Waals surface area contributed by atoms with Crippen LogP contribution in [0.25, 0.3) is 27.5 Å². The normalized spacial score (nSPS) is 19.9. The first-order valence-corrected chi connectivity index (χ1v) is 11.4. The lowest BCUT2D eigenvalue weighted by atomic mass is 9.65. The summed E-state index contributed by atoms with van der Waals surface area (Å²) in [5.41, 5.74) is -0.491. The number of hydrogen-bond donors (Lipinski definition) is 3. The molecule has 186 valence electrons. The molecule has 0 unspecified atom stereocenters. The fourth-order valence-electron chi connectivity index (χ4n) is 5.37. The number of halogens is 2. The summed E-state index contributed by atoms with van der Waals surface area (Å²) >= 11 is 0. The van der Waals surface area contributed by atoms with E-state index in [-0.39, 0.29) is 35.9 Å². The van der Waals surface area contributed by atoms with Gasteiger partial charge in [0.15, 0.2) is 23.0 Å². The molecule has 0 radical (unpaired) electrons. The van der Waals surface area contributed by atoms with Gasteiger partial charge in [-0.05, 0) is 42.5 Å². The molecule has 1 aliphatic rings. The van der Waals surface area contributed by atoms with Gasteiger partial charge in [-0.25, -0.2) is 13.6 Å². The number of ether oxygens (including phenoxy) is 1. The molecule has 8 nitrogen and oxygen atoms in total. The Kier molecular flexibility index (Phi) is 5.30. The Morgan fingerprint density at radius 2 is 2.08 bits per heavy atom. The zero-order valence-corrected chi connectivity index (χ0v) is 19.9. The van der Waals surface area contributed by atoms with Crippen molar-refractivity contribution in [1.82, 2.24) is 14.8 Å². The monoisotopic (exact) mass is 494 g/mol. The molecule has 1 fully saturated rings. The number of aromatic nitrogens is 3. The van der Waals surface area contributed by atoms with Gasteiger partial charge in [-0.2, -0.15) is 10.4 Å². The van der Waals surface area contributed by atoms with E-state index < -0.39 is 34.5 Å². The summed E-state index contributed by atoms with van der Waals surface area (Å²) < 4.78 is 37.4. The van der Waals surface area contributed by atoms with Crippen LogP contribution in [0, 0.1) is 23.0 Å². The fraction of sp³-hybridized carbons (Fsp3) is 0.346. The molecule has 2 aromatic carbocycles. The third-order valence-electron chi connectivity index (χ3n) is 7.17. The van der Waals surface area contributed by atoms with Gasteiger partial charge >= 0.3 is 5.97 Å². The molecule has 2 heterocycles. The van der Waals surface area contributed by atoms with Gasteiger partial charge < -0.3 is 19.5 Å². The minimum Gasteiger partial charge on any atom is -0.494 e. The number of carboxylic acid groups (broad SMARTS) is 1. The number of hydrogen-bond acceptors (Lipinski definition) is 5. The van der Waals surface area contributed by atoms with Gasteiger partial charge in [-0.15, -0.1) is 0 Å². The second-order valence-electron chi connectivity index (χ2n) is 10.00. The van der Waals surface area contributed by atoms with Crippen LogP contribution in [0.15, 0.2) is 30.5 Å². The molecule has 2 aromatic heterocycles. The van der Waals surface area contributed by atoms with Crippen molar-refractivity contribution in [1.29, 1.82) is 5.26 Å². The van der Waals surface area contributed by atoms with E-state index >= 15 is 4.39 Å². The summed E-state index contributed by atoms with van der Waals surface area (Å²) in [6.07, 6.45) is 1.35. The lowest BCUT2D eigenvalue weighted by Gasteiger charge is -2.42. The highest BCUT2D eigenvalue weighted by atomic mass is 19.1. The van der Waals surface area contributed by atoms with E-state index in [1.165, 1.54) is 25.4 Å². The van der Waals surface area contributed by atoms with Crippen molar-refractivity contribution < 1.29 is 28.5 Å². The molecule has 1 aliphatic carbocycles. The van der Waals surface area contributed by atoms with Crippen molar-refractivity contribution in [3.63, 3.8) is 0 Å². The van der Waals surface area contributed by atoms with Gasteiger partial charge in [0.05, 0.1) is 24.9 Å². The Bertz CT molecular complexity index is 1570. The smallest absolute Gasteiger partial charge is 0.335 e. The Morgan fingerprint density at radius 1 is 1.36 bits per heavy atom. The van der Waals surface area contributed by atoms with Crippen LogP contribution in [0.5, 0.6) is 5.75 Å². The first-order valence-electron chi connectivity index (χ1n) is 11.4. The number of methoxy groups -OCH3 is 1. The second-order valence-corrected chi connectivity index (χ2v) is 10.00. The van der Waals surface area contributed by atoms with Crippen molar-refractivity contribution in [2.45, 2.75) is 50.0 Å². The predicted octanol–water partition coefficient (Wildman–Crippen LogP) is 4.68. The van der Waals surface area contributed by atoms with E-state index in [1.807, 2.05) is 13.8 Å². The van der Waals surface area contributed by atoms with E-state index in [9.17, 15) is 24.7 Å². The number of H-pyrrole nitrogens is 1. The fourth-order valence-corrected chi connectivity index (χ4v) is 5.37. The molecule has 36 heavy (non-hydrogen) atoms. The van der Waals surface area contributed by atoms with Crippen molar-refractivity contribution in [2.24, 2.45) is 0 Å². The predicted molar refractivity (Wildman–Crippen MR) is 127 cm³/mol. The van der Waals surface area contributed by atoms with Gasteiger partial charge in [0.2, 0.25) is 0 Å². The average Bonchev–Trinajstić information content (AvgIpc) is 3.41. The van der Waals surface area contributed by atoms with Crippen LogP contribution in [0.3, 0.4) is 0 Å². The van der Waals surface area contributed by atoms with Crippen molar-refractivity contribution in [3.8, 4) is 17.5 Å². The van der Waals surface area contributed by atoms with E-state index in [0.717, 1.165) is 0 Å². The summed E-state index contributed by atoms with van der Waals surface area (Å²) in [5.74, 6) is -2.96. The van der Waals surface area contributed by atoms with Crippen LogP contribution in [-0.2, 0) is 10.2 Å². The maximum Gasteiger partial charge on any atom is 0.335 e. The summed E-state index contributed by atoms with van der Waals surface area (Å²) in [5, 5.41) is 37.0. The summed E-state index contributed by atoms with van der Waals surface area (Å²) in [6, 6.07) is 8.23. The number of fused-ring (bicyclic) bond motifs is 2. The average molecular weight is 494 g/mol. The molecule has 0 aliphatic heterocycles. The number of nitrogens with zero attached hydrogens (tertiary/aromatic N) is 3. The molecule has 5 rings (SSSR count). The highest BCUT2D eigenvalue weighted by molar-refractivity contribution is 6.00. The molecule has 0 amide bonds. The molecule has 3 N–H and O–H groups in total. The van der Waals surface area contributed by atoms with E-state index in [2.05, 4.69) is 16.3 Å². The van der Waals surface area contributed by atoms with Crippen LogP contribution < -0.4 is 4.74 Å². The third kappa shape index (κ3) is 3.34. The van der Waals surface area contributed by atoms with Crippen molar-refractivity contribution in [2.75, 3.05) is 7.11 Å². The van der Waals surface area contributed by atoms with Gasteiger partial charge in [-0.1, -0.05) is 13.8 Å². The molecule has 1 saturated carbocycles. The maximum absolute atomic E-state index is 16.1. The van der Waals surface area contributed by atoms with Crippen LogP contribution in [-0.4, -0.2) is 43.7 Å². The highest BCUT2D eigenvalue weighted by Gasteiger charge is 2.52. The largest absolute Gasteiger partial charge is 0.494 e. The Labute approximate surface area is 204 Å². The molecule has 0 saturated heterocycles. The molecule has 10 heteroatoms. The van der Waals surface area contributed by atoms with Crippen molar-refractivity contribution in [3.05, 3.63) is 53.4 Å². The first kappa shape index (κ1) is 23.8. The second kappa shape index (κ2) is 8.03. The van der Waals surface area contributed by atoms with Gasteiger partial charge in [0.1, 0.15) is 5.52 Å². The number of carbonyl (C=O) groups is 1. The zero-order valence-electron chi connectivity index (χ0n) is 19.9. The number of aliphatic carboxylic acids is 1. The van der Waals surface area contributed by atoms with Gasteiger partial charge in [0.25, 0.3) is 0 Å². The number of carboxylic acids is 1. The molecule has 4 aromatic rings. The van der Waals surface area contributed by atoms with E-state index in [1.54, 1.807) is 16.7 Å². The highest BCUT2D eigenvalue weighted by Crippen LogP contribution is 2.53. The van der Waals surface area contributed by atoms with E-state index in [0.29, 0.717) is 27.8 Å². The van der Waals surface area contributed by atoms with Gasteiger partial charge in [-0.3, -0.25) is 5.10 Å². The lowest BCUT2D eigenvalue weighted by Crippen LogP contribution is -2.49. The molecule has 0 atom stereocenters. The molecular formula is C26H24F2N4O4. The zero-order chi connectivity index (χ0) is 26.0. The number of nitrogens with one attached hydrogen (secondary N) is 1. The minimum atomic E-state index is -1.91. The summed E-state index contributed by atoms with van der Waals surface area (Å²) in [4.78, 5) is 11.6. The number of benzene rings is 2. The maximum atomic E-state index is 16.1. The standard InChI is InChI=1S/C26H24F2N4O4/c1-25(2,6-7-29)23-19(14-10-26(35,11-14)24(33)34)20-17(8-13-12-30-31-22(13)21(20)28)32(23)15-4-5-16(27)18(9-15)36-3/h4-5,8-9,12,14,35H,6,10-11H2,1-3H3,(H,30,31)(H,33,34). The van der Waals surface area contributed by atoms with Crippen LogP contribution >= 0.6 is 0 Å². The van der Waals surface area contributed by atoms with Crippen LogP contribution in [0.4, 0.5) is 8.78 Å².